The van der Waals surface area contributed by atoms with Crippen molar-refractivity contribution in [2.24, 2.45) is 0 Å². The van der Waals surface area contributed by atoms with Gasteiger partial charge in [0.15, 0.2) is 11.5 Å². The fraction of sp³-hybridized carbons (Fsp3) is 0.200. The van der Waals surface area contributed by atoms with E-state index in [9.17, 15) is 25.2 Å². The van der Waals surface area contributed by atoms with Crippen LogP contribution in [0.3, 0.4) is 0 Å². The second-order valence-corrected chi connectivity index (χ2v) is 7.51. The topological polar surface area (TPSA) is 124 Å². The van der Waals surface area contributed by atoms with E-state index < -0.39 is 29.2 Å². The van der Waals surface area contributed by atoms with Crippen LogP contribution in [0.2, 0.25) is 15.1 Å². The normalized spacial score (nSPS) is 14.3. The van der Waals surface area contributed by atoms with Gasteiger partial charge < -0.3 is 9.84 Å². The number of halogens is 3. The number of nitrogens with zero attached hydrogens (tertiary/aromatic N) is 3. The van der Waals surface area contributed by atoms with Gasteiger partial charge in [-0.3, -0.25) is 14.4 Å². The second kappa shape index (κ2) is 9.42. The third-order valence-corrected chi connectivity index (χ3v) is 5.48. The highest BCUT2D eigenvalue weighted by Gasteiger charge is 2.32. The van der Waals surface area contributed by atoms with Crippen LogP contribution in [-0.2, 0) is 14.4 Å². The Hall–Kier alpha value is -3.01. The first kappa shape index (κ1) is 22.7. The highest BCUT2D eigenvalue weighted by Crippen LogP contribution is 2.45. The highest BCUT2D eigenvalue weighted by molar-refractivity contribution is 6.44. The number of rotatable bonds is 6. The van der Waals surface area contributed by atoms with Gasteiger partial charge in [0.05, 0.1) is 0 Å². The van der Waals surface area contributed by atoms with Crippen LogP contribution in [0.5, 0.6) is 11.5 Å². The number of benzene rings is 2. The van der Waals surface area contributed by atoms with E-state index in [-0.39, 0.29) is 40.8 Å². The third-order valence-electron chi connectivity index (χ3n) is 4.40. The maximum Gasteiger partial charge on any atom is 0.253 e. The zero-order chi connectivity index (χ0) is 22.7. The summed E-state index contributed by atoms with van der Waals surface area (Å²) in [5.74, 6) is -1.89. The zero-order valence-corrected chi connectivity index (χ0v) is 17.8. The molecular formula is C20H12Cl3N3O5. The van der Waals surface area contributed by atoms with Crippen molar-refractivity contribution < 1.29 is 24.3 Å². The molecule has 0 aromatic heterocycles. The number of hydrogen-bond donors (Lipinski definition) is 1. The van der Waals surface area contributed by atoms with Crippen LogP contribution in [0.15, 0.2) is 24.3 Å². The van der Waals surface area contributed by atoms with Gasteiger partial charge in [0.2, 0.25) is 0 Å². The Labute approximate surface area is 191 Å². The Balaban J connectivity index is 2.01. The van der Waals surface area contributed by atoms with Crippen molar-refractivity contribution in [1.29, 1.82) is 10.5 Å². The quantitative estimate of drug-likeness (QED) is 0.611. The molecule has 1 aliphatic rings. The Morgan fingerprint density at radius 1 is 1.00 bits per heavy atom. The van der Waals surface area contributed by atoms with Crippen molar-refractivity contribution >= 4 is 46.6 Å². The summed E-state index contributed by atoms with van der Waals surface area (Å²) in [6.07, 6.45) is -0.918. The van der Waals surface area contributed by atoms with E-state index in [2.05, 4.69) is 0 Å². The fourth-order valence-electron chi connectivity index (χ4n) is 2.84. The van der Waals surface area contributed by atoms with Crippen molar-refractivity contribution in [3.05, 3.63) is 56.0 Å². The summed E-state index contributed by atoms with van der Waals surface area (Å²) in [5, 5.41) is 29.3. The van der Waals surface area contributed by atoms with Crippen LogP contribution in [0.1, 0.15) is 35.6 Å². The molecule has 2 aromatic carbocycles. The molecular weight excluding hydrogens is 469 g/mol. The molecule has 0 saturated carbocycles. The van der Waals surface area contributed by atoms with Gasteiger partial charge in [-0.05, 0) is 17.7 Å². The number of hydroxylamine groups is 2. The van der Waals surface area contributed by atoms with E-state index in [0.29, 0.717) is 15.6 Å². The van der Waals surface area contributed by atoms with E-state index in [1.807, 2.05) is 0 Å². The van der Waals surface area contributed by atoms with Crippen LogP contribution >= 0.6 is 34.8 Å². The number of carbonyl (C=O) groups excluding carboxylic acids is 2. The van der Waals surface area contributed by atoms with Crippen LogP contribution in [-0.4, -0.2) is 28.6 Å². The van der Waals surface area contributed by atoms with Gasteiger partial charge in [0.1, 0.15) is 46.0 Å². The molecule has 1 fully saturated rings. The van der Waals surface area contributed by atoms with E-state index in [0.717, 1.165) is 0 Å². The van der Waals surface area contributed by atoms with Crippen LogP contribution in [0.25, 0.3) is 0 Å². The minimum absolute atomic E-state index is 0.0365. The van der Waals surface area contributed by atoms with Gasteiger partial charge in [0, 0.05) is 17.9 Å². The molecule has 3 rings (SSSR count). The van der Waals surface area contributed by atoms with Gasteiger partial charge in [-0.15, -0.1) is 0 Å². The van der Waals surface area contributed by atoms with Crippen molar-refractivity contribution in [3.8, 4) is 23.6 Å². The highest BCUT2D eigenvalue weighted by atomic mass is 35.5. The molecule has 2 aromatic rings. The van der Waals surface area contributed by atoms with E-state index in [1.165, 1.54) is 0 Å². The molecule has 2 amide bonds. The van der Waals surface area contributed by atoms with Crippen LogP contribution in [0, 0.1) is 22.7 Å². The molecule has 158 valence electrons. The molecule has 1 aliphatic heterocycles. The maximum absolute atomic E-state index is 11.8. The average molecular weight is 481 g/mol. The van der Waals surface area contributed by atoms with E-state index >= 15 is 0 Å². The summed E-state index contributed by atoms with van der Waals surface area (Å²) in [6, 6.07) is 9.84. The predicted octanol–water partition coefficient (Wildman–Crippen LogP) is 4.30. The first-order chi connectivity index (χ1) is 14.8. The summed E-state index contributed by atoms with van der Waals surface area (Å²) in [4.78, 5) is 29.0. The lowest BCUT2D eigenvalue weighted by Crippen LogP contribution is -2.32. The van der Waals surface area contributed by atoms with E-state index in [1.54, 1.807) is 36.4 Å². The van der Waals surface area contributed by atoms with Crippen molar-refractivity contribution in [2.45, 2.75) is 18.9 Å². The van der Waals surface area contributed by atoms with Gasteiger partial charge in [-0.2, -0.15) is 15.6 Å². The van der Waals surface area contributed by atoms with Gasteiger partial charge in [-0.25, -0.2) is 0 Å². The number of nitriles is 2. The molecule has 0 radical (unpaired) electrons. The number of amides is 2. The smallest absolute Gasteiger partial charge is 0.253 e. The van der Waals surface area contributed by atoms with Crippen molar-refractivity contribution in [2.75, 3.05) is 6.61 Å². The number of phenolic OH excluding ortho intramolecular Hbond substituents is 1. The molecule has 0 aliphatic carbocycles. The minimum atomic E-state index is -0.991. The number of phenols is 1. The summed E-state index contributed by atoms with van der Waals surface area (Å²) >= 11 is 18.1. The minimum Gasteiger partial charge on any atom is -0.505 e. The Morgan fingerprint density at radius 2 is 1.58 bits per heavy atom. The zero-order valence-electron chi connectivity index (χ0n) is 15.6. The summed E-state index contributed by atoms with van der Waals surface area (Å²) in [6.45, 7) is -0.319. The number of ether oxygens (including phenoxy) is 1. The number of carbonyl (C=O) groups is 2. The van der Waals surface area contributed by atoms with Gasteiger partial charge in [0.25, 0.3) is 11.8 Å². The predicted molar refractivity (Wildman–Crippen MR) is 109 cm³/mol. The lowest BCUT2D eigenvalue weighted by atomic mass is 10.1. The summed E-state index contributed by atoms with van der Waals surface area (Å²) in [5.41, 5.74) is -0.236. The number of aromatic hydroxyl groups is 1. The monoisotopic (exact) mass is 479 g/mol. The van der Waals surface area contributed by atoms with Crippen molar-refractivity contribution in [3.63, 3.8) is 0 Å². The Morgan fingerprint density at radius 3 is 2.13 bits per heavy atom. The van der Waals surface area contributed by atoms with E-state index in [4.69, 9.17) is 44.4 Å². The first-order valence-corrected chi connectivity index (χ1v) is 9.86. The number of hydrogen-bond acceptors (Lipinski definition) is 7. The average Bonchev–Trinajstić information content (AvgIpc) is 3.08. The maximum atomic E-state index is 11.8. The second-order valence-electron chi connectivity index (χ2n) is 6.31. The molecule has 31 heavy (non-hydrogen) atoms. The van der Waals surface area contributed by atoms with Crippen LogP contribution < -0.4 is 4.74 Å². The summed E-state index contributed by atoms with van der Waals surface area (Å²) in [7, 11) is 0. The lowest BCUT2D eigenvalue weighted by molar-refractivity contribution is -0.193. The molecule has 1 N–H and O–H groups in total. The Kier molecular flexibility index (Phi) is 6.89. The van der Waals surface area contributed by atoms with Gasteiger partial charge >= 0.3 is 0 Å². The third kappa shape index (κ3) is 4.53. The molecule has 1 unspecified atom stereocenters. The lowest BCUT2D eigenvalue weighted by Gasteiger charge is -2.23. The SMILES string of the molecule is N#Cc1c(O)c(Cl)c(Cl)c(OC(CON2C(=O)CCC2=O)c2ccc(Cl)cc2)c1C#N. The van der Waals surface area contributed by atoms with Crippen LogP contribution in [0.4, 0.5) is 0 Å². The largest absolute Gasteiger partial charge is 0.505 e. The molecule has 1 atom stereocenters. The number of imide groups is 1. The first-order valence-electron chi connectivity index (χ1n) is 8.73. The van der Waals surface area contributed by atoms with Crippen molar-refractivity contribution in [1.82, 2.24) is 5.06 Å². The molecule has 1 saturated heterocycles. The molecule has 11 heteroatoms. The fourth-order valence-corrected chi connectivity index (χ4v) is 3.38. The molecule has 0 spiro atoms. The Bertz CT molecular complexity index is 1120. The molecule has 1 heterocycles. The molecule has 8 nitrogen and oxygen atoms in total. The standard InChI is InChI=1S/C20H12Cl3N3O5/c21-11-3-1-10(2-4-11)14(9-30-26-15(27)5-6-16(26)28)31-20-13(8-25)12(7-24)19(29)17(22)18(20)23/h1-4,14,29H,5-6,9H2. The van der Waals surface area contributed by atoms with Gasteiger partial charge in [-0.1, -0.05) is 46.9 Å². The summed E-state index contributed by atoms with van der Waals surface area (Å²) < 4.78 is 5.88. The molecule has 0 bridgehead atoms.